The molecule has 0 rings (SSSR count). The molecular formula is C14H28O4. The summed E-state index contributed by atoms with van der Waals surface area (Å²) in [6, 6.07) is 0. The Labute approximate surface area is 111 Å². The zero-order valence-electron chi connectivity index (χ0n) is 12.6. The normalized spacial score (nSPS) is 11.3. The van der Waals surface area contributed by atoms with Gasteiger partial charge in [-0.2, -0.15) is 0 Å². The lowest BCUT2D eigenvalue weighted by atomic mass is 9.96. The lowest BCUT2D eigenvalue weighted by molar-refractivity contribution is -0.153. The quantitative estimate of drug-likeness (QED) is 0.543. The highest BCUT2D eigenvalue weighted by atomic mass is 16.5. The van der Waals surface area contributed by atoms with Crippen LogP contribution in [0.1, 0.15) is 54.4 Å². The van der Waals surface area contributed by atoms with Crippen molar-refractivity contribution in [3.63, 3.8) is 0 Å². The smallest absolute Gasteiger partial charge is 0.317 e. The minimum absolute atomic E-state index is 0.290. The van der Waals surface area contributed by atoms with Crippen LogP contribution in [-0.4, -0.2) is 25.2 Å². The van der Waals surface area contributed by atoms with E-state index in [2.05, 4.69) is 37.2 Å². The molecule has 0 saturated carbocycles. The molecule has 0 aliphatic rings. The SMILES string of the molecule is CCC(C)C(C)C.CCOC(=O)CC(=O)OCC. The Kier molecular flexibility index (Phi) is 13.3. The maximum absolute atomic E-state index is 10.6. The molecule has 0 saturated heterocycles. The molecule has 0 aliphatic carbocycles. The summed E-state index contributed by atoms with van der Waals surface area (Å²) in [6.07, 6.45) is 1.03. The largest absolute Gasteiger partial charge is 0.466 e. The summed E-state index contributed by atoms with van der Waals surface area (Å²) in [7, 11) is 0. The fraction of sp³-hybridized carbons (Fsp3) is 0.857. The second-order valence-corrected chi connectivity index (χ2v) is 4.42. The number of carbonyl (C=O) groups excluding carboxylic acids is 2. The van der Waals surface area contributed by atoms with E-state index in [-0.39, 0.29) is 19.6 Å². The van der Waals surface area contributed by atoms with E-state index in [1.54, 1.807) is 13.8 Å². The van der Waals surface area contributed by atoms with Crippen molar-refractivity contribution in [1.82, 2.24) is 0 Å². The molecule has 0 bridgehead atoms. The maximum Gasteiger partial charge on any atom is 0.317 e. The molecule has 18 heavy (non-hydrogen) atoms. The monoisotopic (exact) mass is 260 g/mol. The summed E-state index contributed by atoms with van der Waals surface area (Å²) in [4.78, 5) is 21.2. The van der Waals surface area contributed by atoms with Crippen LogP contribution in [0.15, 0.2) is 0 Å². The fourth-order valence-electron chi connectivity index (χ4n) is 1.01. The van der Waals surface area contributed by atoms with Gasteiger partial charge in [0, 0.05) is 0 Å². The lowest BCUT2D eigenvalue weighted by Crippen LogP contribution is -2.13. The molecule has 0 fully saturated rings. The Morgan fingerprint density at radius 3 is 1.44 bits per heavy atom. The zero-order valence-corrected chi connectivity index (χ0v) is 12.6. The molecule has 0 aromatic rings. The Morgan fingerprint density at radius 2 is 1.28 bits per heavy atom. The van der Waals surface area contributed by atoms with Crippen LogP contribution in [-0.2, 0) is 19.1 Å². The average Bonchev–Trinajstić information content (AvgIpc) is 2.29. The van der Waals surface area contributed by atoms with Crippen molar-refractivity contribution in [2.45, 2.75) is 54.4 Å². The topological polar surface area (TPSA) is 52.6 Å². The van der Waals surface area contributed by atoms with Crippen LogP contribution in [0.3, 0.4) is 0 Å². The van der Waals surface area contributed by atoms with Crippen molar-refractivity contribution in [1.29, 1.82) is 0 Å². The Balaban J connectivity index is 0. The second-order valence-electron chi connectivity index (χ2n) is 4.42. The van der Waals surface area contributed by atoms with Crippen LogP contribution in [0.2, 0.25) is 0 Å². The summed E-state index contributed by atoms with van der Waals surface area (Å²) in [5, 5.41) is 0. The van der Waals surface area contributed by atoms with Gasteiger partial charge >= 0.3 is 11.9 Å². The molecule has 0 heterocycles. The van der Waals surface area contributed by atoms with Crippen molar-refractivity contribution in [3.05, 3.63) is 0 Å². The van der Waals surface area contributed by atoms with Crippen molar-refractivity contribution in [3.8, 4) is 0 Å². The first-order valence-corrected chi connectivity index (χ1v) is 6.70. The van der Waals surface area contributed by atoms with Gasteiger partial charge in [-0.3, -0.25) is 9.59 Å². The summed E-state index contributed by atoms with van der Waals surface area (Å²) in [6.45, 7) is 13.0. The molecule has 0 N–H and O–H groups in total. The van der Waals surface area contributed by atoms with Crippen LogP contribution in [0.5, 0.6) is 0 Å². The number of carbonyl (C=O) groups is 2. The van der Waals surface area contributed by atoms with Gasteiger partial charge in [0.1, 0.15) is 6.42 Å². The number of rotatable bonds is 6. The first kappa shape index (κ1) is 19.3. The predicted molar refractivity (Wildman–Crippen MR) is 72.2 cm³/mol. The second kappa shape index (κ2) is 12.4. The third-order valence-electron chi connectivity index (χ3n) is 2.68. The van der Waals surface area contributed by atoms with Crippen LogP contribution >= 0.6 is 0 Å². The molecule has 0 aliphatic heterocycles. The van der Waals surface area contributed by atoms with Crippen LogP contribution in [0, 0.1) is 11.8 Å². The van der Waals surface area contributed by atoms with Gasteiger partial charge in [0.25, 0.3) is 0 Å². The van der Waals surface area contributed by atoms with E-state index in [4.69, 9.17) is 0 Å². The molecule has 4 nitrogen and oxygen atoms in total. The number of ether oxygens (including phenoxy) is 2. The van der Waals surface area contributed by atoms with Crippen LogP contribution in [0.25, 0.3) is 0 Å². The van der Waals surface area contributed by atoms with Gasteiger partial charge in [-0.05, 0) is 25.7 Å². The van der Waals surface area contributed by atoms with Crippen molar-refractivity contribution < 1.29 is 19.1 Å². The third-order valence-corrected chi connectivity index (χ3v) is 2.68. The van der Waals surface area contributed by atoms with E-state index in [0.717, 1.165) is 11.8 Å². The molecule has 0 aromatic carbocycles. The summed E-state index contributed by atoms with van der Waals surface area (Å²) < 4.78 is 9.04. The molecule has 1 atom stereocenters. The maximum atomic E-state index is 10.6. The summed E-state index contributed by atoms with van der Waals surface area (Å²) in [5.41, 5.74) is 0. The summed E-state index contributed by atoms with van der Waals surface area (Å²) in [5.74, 6) is 0.696. The lowest BCUT2D eigenvalue weighted by Gasteiger charge is -2.10. The van der Waals surface area contributed by atoms with Crippen LogP contribution in [0.4, 0.5) is 0 Å². The summed E-state index contributed by atoms with van der Waals surface area (Å²) >= 11 is 0. The highest BCUT2D eigenvalue weighted by Gasteiger charge is 2.09. The van der Waals surface area contributed by atoms with Gasteiger partial charge in [0.15, 0.2) is 0 Å². The van der Waals surface area contributed by atoms with Gasteiger partial charge < -0.3 is 9.47 Å². The van der Waals surface area contributed by atoms with E-state index < -0.39 is 11.9 Å². The number of hydrogen-bond donors (Lipinski definition) is 0. The predicted octanol–water partition coefficient (Wildman–Crippen LogP) is 3.19. The standard InChI is InChI=1S/C7H12O4.C7H16/c1-3-10-6(8)5-7(9)11-4-2;1-5-7(4)6(2)3/h3-5H2,1-2H3;6-7H,5H2,1-4H3. The molecule has 0 aromatic heterocycles. The van der Waals surface area contributed by atoms with Crippen molar-refractivity contribution in [2.24, 2.45) is 11.8 Å². The zero-order chi connectivity index (χ0) is 14.6. The first-order valence-electron chi connectivity index (χ1n) is 6.70. The van der Waals surface area contributed by atoms with E-state index in [1.807, 2.05) is 0 Å². The van der Waals surface area contributed by atoms with Gasteiger partial charge in [-0.1, -0.05) is 34.1 Å². The molecule has 1 unspecified atom stereocenters. The average molecular weight is 260 g/mol. The number of esters is 2. The molecular weight excluding hydrogens is 232 g/mol. The molecule has 0 spiro atoms. The molecule has 108 valence electrons. The highest BCUT2D eigenvalue weighted by Crippen LogP contribution is 2.11. The fourth-order valence-corrected chi connectivity index (χ4v) is 1.01. The van der Waals surface area contributed by atoms with Crippen LogP contribution < -0.4 is 0 Å². The van der Waals surface area contributed by atoms with Gasteiger partial charge in [-0.15, -0.1) is 0 Å². The third kappa shape index (κ3) is 13.0. The Bertz CT molecular complexity index is 208. The minimum atomic E-state index is -0.536. The molecule has 4 heteroatoms. The molecule has 0 radical (unpaired) electrons. The van der Waals surface area contributed by atoms with Crippen molar-refractivity contribution in [2.75, 3.05) is 13.2 Å². The number of hydrogen-bond acceptors (Lipinski definition) is 4. The van der Waals surface area contributed by atoms with E-state index in [9.17, 15) is 9.59 Å². The van der Waals surface area contributed by atoms with Gasteiger partial charge in [0.2, 0.25) is 0 Å². The van der Waals surface area contributed by atoms with E-state index >= 15 is 0 Å². The van der Waals surface area contributed by atoms with Gasteiger partial charge in [0.05, 0.1) is 13.2 Å². The molecule has 0 amide bonds. The first-order chi connectivity index (χ1) is 8.38. The van der Waals surface area contributed by atoms with E-state index in [1.165, 1.54) is 6.42 Å². The highest BCUT2D eigenvalue weighted by molar-refractivity contribution is 5.91. The Morgan fingerprint density at radius 1 is 0.889 bits per heavy atom. The Hall–Kier alpha value is -1.06. The van der Waals surface area contributed by atoms with Crippen molar-refractivity contribution >= 4 is 11.9 Å². The van der Waals surface area contributed by atoms with Gasteiger partial charge in [-0.25, -0.2) is 0 Å². The van der Waals surface area contributed by atoms with E-state index in [0.29, 0.717) is 0 Å². The minimum Gasteiger partial charge on any atom is -0.466 e.